The maximum atomic E-state index is 11.8. The van der Waals surface area contributed by atoms with E-state index in [1.165, 1.54) is 18.4 Å². The summed E-state index contributed by atoms with van der Waals surface area (Å²) >= 11 is 0. The molecule has 0 saturated carbocycles. The highest BCUT2D eigenvalue weighted by atomic mass is 16.2. The van der Waals surface area contributed by atoms with Gasteiger partial charge in [-0.2, -0.15) is 0 Å². The highest BCUT2D eigenvalue weighted by molar-refractivity contribution is 5.78. The van der Waals surface area contributed by atoms with Gasteiger partial charge >= 0.3 is 0 Å². The van der Waals surface area contributed by atoms with Gasteiger partial charge in [-0.1, -0.05) is 25.5 Å². The number of aliphatic hydroxyl groups is 1. The van der Waals surface area contributed by atoms with Gasteiger partial charge in [0, 0.05) is 19.6 Å². The zero-order valence-corrected chi connectivity index (χ0v) is 11.8. The van der Waals surface area contributed by atoms with E-state index in [2.05, 4.69) is 25.2 Å². The van der Waals surface area contributed by atoms with Crippen LogP contribution in [-0.4, -0.2) is 24.2 Å². The van der Waals surface area contributed by atoms with Crippen LogP contribution in [0.5, 0.6) is 0 Å². The zero-order valence-electron chi connectivity index (χ0n) is 11.8. The van der Waals surface area contributed by atoms with Gasteiger partial charge in [0.1, 0.15) is 0 Å². The molecule has 3 nitrogen and oxygen atoms in total. The Morgan fingerprint density at radius 2 is 2.22 bits per heavy atom. The third kappa shape index (κ3) is 6.20. The number of carbonyl (C=O) groups is 1. The first-order valence-corrected chi connectivity index (χ1v) is 7.09. The highest BCUT2D eigenvalue weighted by Crippen LogP contribution is 2.22. The summed E-state index contributed by atoms with van der Waals surface area (Å²) in [6, 6.07) is 0. The van der Waals surface area contributed by atoms with Gasteiger partial charge in [-0.25, -0.2) is 0 Å². The molecule has 0 aromatic carbocycles. The van der Waals surface area contributed by atoms with Crippen LogP contribution >= 0.6 is 0 Å². The molecule has 1 amide bonds. The molecule has 3 heteroatoms. The summed E-state index contributed by atoms with van der Waals surface area (Å²) in [5, 5.41) is 11.8. The van der Waals surface area contributed by atoms with Crippen LogP contribution in [0.1, 0.15) is 58.8 Å². The second-order valence-corrected chi connectivity index (χ2v) is 6.05. The lowest BCUT2D eigenvalue weighted by molar-refractivity contribution is -0.120. The van der Waals surface area contributed by atoms with Gasteiger partial charge in [-0.05, 0) is 43.9 Å². The van der Waals surface area contributed by atoms with Crippen molar-refractivity contribution in [1.82, 2.24) is 5.32 Å². The molecule has 2 N–H and O–H groups in total. The second-order valence-electron chi connectivity index (χ2n) is 6.05. The number of hydrogen-bond donors (Lipinski definition) is 2. The lowest BCUT2D eigenvalue weighted by Crippen LogP contribution is -2.34. The van der Waals surface area contributed by atoms with Gasteiger partial charge in [0.15, 0.2) is 0 Å². The van der Waals surface area contributed by atoms with Gasteiger partial charge in [0.25, 0.3) is 0 Å². The zero-order chi connectivity index (χ0) is 13.4. The van der Waals surface area contributed by atoms with Crippen LogP contribution in [0.15, 0.2) is 11.6 Å². The number of hydrogen-bond acceptors (Lipinski definition) is 2. The first kappa shape index (κ1) is 15.2. The van der Waals surface area contributed by atoms with Crippen LogP contribution in [0.4, 0.5) is 0 Å². The lowest BCUT2D eigenvalue weighted by Gasteiger charge is -2.25. The summed E-state index contributed by atoms with van der Waals surface area (Å²) in [5.74, 6) is 0.139. The number of nitrogens with one attached hydrogen (secondary N) is 1. The van der Waals surface area contributed by atoms with Gasteiger partial charge < -0.3 is 10.4 Å². The summed E-state index contributed by atoms with van der Waals surface area (Å²) in [5.41, 5.74) is 1.37. The predicted octanol–water partition coefficient (Wildman–Crippen LogP) is 2.79. The van der Waals surface area contributed by atoms with Crippen LogP contribution in [0.25, 0.3) is 0 Å². The summed E-state index contributed by atoms with van der Waals surface area (Å²) in [4.78, 5) is 11.8. The Morgan fingerprint density at radius 1 is 1.44 bits per heavy atom. The second kappa shape index (κ2) is 7.57. The Balaban J connectivity index is 2.25. The first-order valence-electron chi connectivity index (χ1n) is 7.09. The Kier molecular flexibility index (Phi) is 6.41. The van der Waals surface area contributed by atoms with Gasteiger partial charge in [-0.3, -0.25) is 4.79 Å². The molecule has 0 aromatic heterocycles. The van der Waals surface area contributed by atoms with E-state index in [9.17, 15) is 4.79 Å². The fourth-order valence-electron chi connectivity index (χ4n) is 2.32. The molecule has 0 aromatic rings. The molecule has 0 radical (unpaired) electrons. The minimum Gasteiger partial charge on any atom is -0.396 e. The van der Waals surface area contributed by atoms with Gasteiger partial charge in [-0.15, -0.1) is 0 Å². The molecule has 1 aliphatic rings. The number of amides is 1. The molecule has 0 aliphatic heterocycles. The summed E-state index contributed by atoms with van der Waals surface area (Å²) in [6.07, 6.45) is 9.23. The maximum absolute atomic E-state index is 11.8. The third-order valence-corrected chi connectivity index (χ3v) is 3.55. The molecule has 1 aliphatic carbocycles. The molecule has 0 saturated heterocycles. The molecule has 0 spiro atoms. The van der Waals surface area contributed by atoms with Gasteiger partial charge in [0.05, 0.1) is 0 Å². The summed E-state index contributed by atoms with van der Waals surface area (Å²) in [7, 11) is 0. The summed E-state index contributed by atoms with van der Waals surface area (Å²) < 4.78 is 0. The van der Waals surface area contributed by atoms with Crippen LogP contribution in [-0.2, 0) is 4.79 Å². The minimum atomic E-state index is 0.0688. The van der Waals surface area contributed by atoms with Crippen molar-refractivity contribution in [3.8, 4) is 0 Å². The summed E-state index contributed by atoms with van der Waals surface area (Å²) in [6.45, 7) is 5.18. The largest absolute Gasteiger partial charge is 0.396 e. The van der Waals surface area contributed by atoms with Crippen LogP contribution < -0.4 is 5.32 Å². The molecular weight excluding hydrogens is 226 g/mol. The first-order chi connectivity index (χ1) is 8.53. The van der Waals surface area contributed by atoms with E-state index in [1.54, 1.807) is 0 Å². The SMILES string of the molecule is CC(C)(CCCO)CNC(=O)CC1=CCCCC1. The number of carbonyl (C=O) groups excluding carboxylic acids is 1. The van der Waals surface area contributed by atoms with E-state index in [4.69, 9.17) is 5.11 Å². The average molecular weight is 253 g/mol. The quantitative estimate of drug-likeness (QED) is 0.685. The van der Waals surface area contributed by atoms with E-state index < -0.39 is 0 Å². The molecule has 1 rings (SSSR count). The number of allylic oxidation sites excluding steroid dienone is 1. The fraction of sp³-hybridized carbons (Fsp3) is 0.800. The molecule has 0 atom stereocenters. The molecular formula is C15H27NO2. The minimum absolute atomic E-state index is 0.0688. The van der Waals surface area contributed by atoms with Crippen molar-refractivity contribution >= 4 is 5.91 Å². The van der Waals surface area contributed by atoms with Crippen molar-refractivity contribution in [2.45, 2.75) is 58.8 Å². The van der Waals surface area contributed by atoms with E-state index in [0.717, 1.165) is 25.7 Å². The molecule has 18 heavy (non-hydrogen) atoms. The fourth-order valence-corrected chi connectivity index (χ4v) is 2.32. The normalized spacial score (nSPS) is 16.3. The molecule has 0 bridgehead atoms. The van der Waals surface area contributed by atoms with Crippen molar-refractivity contribution in [1.29, 1.82) is 0 Å². The van der Waals surface area contributed by atoms with E-state index in [0.29, 0.717) is 13.0 Å². The van der Waals surface area contributed by atoms with Crippen molar-refractivity contribution in [2.75, 3.05) is 13.2 Å². The number of rotatable bonds is 7. The lowest BCUT2D eigenvalue weighted by atomic mass is 9.87. The van der Waals surface area contributed by atoms with Crippen molar-refractivity contribution in [3.05, 3.63) is 11.6 Å². The third-order valence-electron chi connectivity index (χ3n) is 3.55. The topological polar surface area (TPSA) is 49.3 Å². The standard InChI is InChI=1S/C15H27NO2/c1-15(2,9-6-10-17)12-16-14(18)11-13-7-4-3-5-8-13/h7,17H,3-6,8-12H2,1-2H3,(H,16,18). The van der Waals surface area contributed by atoms with Crippen LogP contribution in [0, 0.1) is 5.41 Å². The van der Waals surface area contributed by atoms with Gasteiger partial charge in [0.2, 0.25) is 5.91 Å². The molecule has 0 unspecified atom stereocenters. The van der Waals surface area contributed by atoms with E-state index in [-0.39, 0.29) is 17.9 Å². The van der Waals surface area contributed by atoms with Crippen molar-refractivity contribution < 1.29 is 9.90 Å². The predicted molar refractivity (Wildman–Crippen MR) is 74.3 cm³/mol. The van der Waals surface area contributed by atoms with Crippen LogP contribution in [0.2, 0.25) is 0 Å². The van der Waals surface area contributed by atoms with Crippen LogP contribution in [0.3, 0.4) is 0 Å². The Labute approximate surface area is 111 Å². The maximum Gasteiger partial charge on any atom is 0.224 e. The highest BCUT2D eigenvalue weighted by Gasteiger charge is 2.18. The molecule has 0 fully saturated rings. The number of aliphatic hydroxyl groups excluding tert-OH is 1. The average Bonchev–Trinajstić information content (AvgIpc) is 2.36. The van der Waals surface area contributed by atoms with E-state index in [1.807, 2.05) is 0 Å². The van der Waals surface area contributed by atoms with Crippen molar-refractivity contribution in [2.24, 2.45) is 5.41 Å². The molecule has 104 valence electrons. The Bertz CT molecular complexity index is 295. The van der Waals surface area contributed by atoms with Crippen molar-refractivity contribution in [3.63, 3.8) is 0 Å². The monoisotopic (exact) mass is 253 g/mol. The molecule has 0 heterocycles. The smallest absolute Gasteiger partial charge is 0.224 e. The Morgan fingerprint density at radius 3 is 2.83 bits per heavy atom. The van der Waals surface area contributed by atoms with E-state index >= 15 is 0 Å². The Hall–Kier alpha value is -0.830.